The molecule has 6 nitrogen and oxygen atoms in total. The quantitative estimate of drug-likeness (QED) is 0.785. The van der Waals surface area contributed by atoms with Gasteiger partial charge in [-0.3, -0.25) is 0 Å². The summed E-state index contributed by atoms with van der Waals surface area (Å²) in [5.74, 6) is 0. The van der Waals surface area contributed by atoms with Crippen LogP contribution in [0.3, 0.4) is 0 Å². The third-order valence-corrected chi connectivity index (χ3v) is 4.53. The van der Waals surface area contributed by atoms with Gasteiger partial charge in [0, 0.05) is 25.9 Å². The summed E-state index contributed by atoms with van der Waals surface area (Å²) in [6.45, 7) is 0.000548. The highest BCUT2D eigenvalue weighted by molar-refractivity contribution is 7.89. The molecule has 0 saturated heterocycles. The summed E-state index contributed by atoms with van der Waals surface area (Å²) in [6.07, 6.45) is 0.0543. The Balaban J connectivity index is 3.19. The average molecular weight is 288 g/mol. The van der Waals surface area contributed by atoms with Gasteiger partial charge in [-0.25, -0.2) is 8.42 Å². The van der Waals surface area contributed by atoms with Crippen molar-refractivity contribution in [2.24, 2.45) is 0 Å². The van der Waals surface area contributed by atoms with E-state index in [-0.39, 0.29) is 36.4 Å². The predicted octanol–water partition coefficient (Wildman–Crippen LogP) is 1.38. The summed E-state index contributed by atoms with van der Waals surface area (Å²) in [5.41, 5.74) is 0.0476. The number of nitrogens with zero attached hydrogens (tertiary/aromatic N) is 4. The fourth-order valence-corrected chi connectivity index (χ4v) is 3.21. The van der Waals surface area contributed by atoms with E-state index in [2.05, 4.69) is 0 Å². The monoisotopic (exact) mass is 288 g/mol. The van der Waals surface area contributed by atoms with Crippen molar-refractivity contribution in [2.45, 2.75) is 17.7 Å². The van der Waals surface area contributed by atoms with Crippen LogP contribution in [-0.2, 0) is 10.0 Å². The second-order valence-corrected chi connectivity index (χ2v) is 5.73. The van der Waals surface area contributed by atoms with E-state index in [4.69, 9.17) is 15.8 Å². The van der Waals surface area contributed by atoms with Gasteiger partial charge in [0.1, 0.15) is 6.07 Å². The first-order valence-corrected chi connectivity index (χ1v) is 7.25. The van der Waals surface area contributed by atoms with Crippen molar-refractivity contribution >= 4 is 10.0 Å². The number of rotatable bonds is 6. The zero-order valence-corrected chi connectivity index (χ0v) is 11.5. The Morgan fingerprint density at radius 3 is 2.05 bits per heavy atom. The second-order valence-electron chi connectivity index (χ2n) is 3.83. The van der Waals surface area contributed by atoms with Crippen LogP contribution in [0.25, 0.3) is 0 Å². The minimum Gasteiger partial charge on any atom is -0.207 e. The van der Waals surface area contributed by atoms with Crippen molar-refractivity contribution in [1.29, 1.82) is 15.8 Å². The van der Waals surface area contributed by atoms with Crippen LogP contribution in [0, 0.1) is 34.0 Å². The zero-order chi connectivity index (χ0) is 15.0. The molecule has 7 heteroatoms. The van der Waals surface area contributed by atoms with Gasteiger partial charge in [-0.05, 0) is 12.1 Å². The Labute approximate surface area is 118 Å². The lowest BCUT2D eigenvalue weighted by Gasteiger charge is -2.20. The van der Waals surface area contributed by atoms with Crippen molar-refractivity contribution in [3.63, 3.8) is 0 Å². The van der Waals surface area contributed by atoms with Gasteiger partial charge in [0.05, 0.1) is 22.6 Å². The van der Waals surface area contributed by atoms with Crippen molar-refractivity contribution in [1.82, 2.24) is 4.31 Å². The molecule has 0 spiro atoms. The molecule has 102 valence electrons. The van der Waals surface area contributed by atoms with Gasteiger partial charge in [0.25, 0.3) is 0 Å². The van der Waals surface area contributed by atoms with Crippen LogP contribution in [0.4, 0.5) is 0 Å². The fourth-order valence-electron chi connectivity index (χ4n) is 1.62. The van der Waals surface area contributed by atoms with Crippen LogP contribution in [0.15, 0.2) is 29.2 Å². The van der Waals surface area contributed by atoms with Crippen LogP contribution >= 0.6 is 0 Å². The Morgan fingerprint density at radius 1 is 1.00 bits per heavy atom. The first-order valence-electron chi connectivity index (χ1n) is 5.81. The normalized spacial score (nSPS) is 10.5. The van der Waals surface area contributed by atoms with E-state index < -0.39 is 10.0 Å². The Kier molecular flexibility index (Phi) is 5.68. The molecule has 0 atom stereocenters. The summed E-state index contributed by atoms with van der Waals surface area (Å²) in [5, 5.41) is 26.2. The Morgan fingerprint density at radius 2 is 1.55 bits per heavy atom. The van der Waals surface area contributed by atoms with Gasteiger partial charge in [0.15, 0.2) is 0 Å². The molecule has 1 rings (SSSR count). The third-order valence-electron chi connectivity index (χ3n) is 2.57. The summed E-state index contributed by atoms with van der Waals surface area (Å²) in [6, 6.07) is 11.4. The van der Waals surface area contributed by atoms with Crippen LogP contribution in [0.2, 0.25) is 0 Å². The van der Waals surface area contributed by atoms with Crippen molar-refractivity contribution in [2.75, 3.05) is 13.1 Å². The van der Waals surface area contributed by atoms with Crippen LogP contribution in [0.5, 0.6) is 0 Å². The van der Waals surface area contributed by atoms with E-state index in [0.29, 0.717) is 0 Å². The molecule has 0 N–H and O–H groups in total. The number of nitriles is 3. The summed E-state index contributed by atoms with van der Waals surface area (Å²) in [7, 11) is -3.88. The maximum Gasteiger partial charge on any atom is 0.244 e. The van der Waals surface area contributed by atoms with E-state index in [1.807, 2.05) is 18.2 Å². The third kappa shape index (κ3) is 3.55. The van der Waals surface area contributed by atoms with Crippen molar-refractivity contribution in [3.8, 4) is 18.2 Å². The first kappa shape index (κ1) is 15.7. The highest BCUT2D eigenvalue weighted by Gasteiger charge is 2.26. The number of hydrogen-bond donors (Lipinski definition) is 0. The van der Waals surface area contributed by atoms with Gasteiger partial charge in [0.2, 0.25) is 10.0 Å². The number of benzene rings is 1. The van der Waals surface area contributed by atoms with E-state index in [1.54, 1.807) is 6.07 Å². The molecule has 1 aromatic rings. The largest absolute Gasteiger partial charge is 0.244 e. The van der Waals surface area contributed by atoms with Crippen molar-refractivity contribution in [3.05, 3.63) is 29.8 Å². The smallest absolute Gasteiger partial charge is 0.207 e. The standard InChI is InChI=1S/C13H12N4O2S/c14-7-3-9-17(10-4-8-15)20(18,19)13-6-2-1-5-12(13)11-16/h1-2,5-6H,3-4,9-10H2. The molecule has 0 aliphatic carbocycles. The molecule has 0 saturated carbocycles. The number of hydrogen-bond acceptors (Lipinski definition) is 5. The molecule has 0 heterocycles. The van der Waals surface area contributed by atoms with E-state index >= 15 is 0 Å². The molecular formula is C13H12N4O2S. The number of sulfonamides is 1. The van der Waals surface area contributed by atoms with E-state index in [9.17, 15) is 8.42 Å². The molecule has 0 unspecified atom stereocenters. The second kappa shape index (κ2) is 7.25. The van der Waals surface area contributed by atoms with Gasteiger partial charge < -0.3 is 0 Å². The van der Waals surface area contributed by atoms with Crippen LogP contribution in [-0.4, -0.2) is 25.8 Å². The summed E-state index contributed by atoms with van der Waals surface area (Å²) < 4.78 is 26.0. The molecule has 20 heavy (non-hydrogen) atoms. The SMILES string of the molecule is N#CCCN(CCC#N)S(=O)(=O)c1ccccc1C#N. The van der Waals surface area contributed by atoms with Gasteiger partial charge >= 0.3 is 0 Å². The lowest BCUT2D eigenvalue weighted by atomic mass is 10.2. The van der Waals surface area contributed by atoms with Gasteiger partial charge in [-0.2, -0.15) is 20.1 Å². The van der Waals surface area contributed by atoms with Crippen LogP contribution < -0.4 is 0 Å². The Bertz CT molecular complexity index is 674. The summed E-state index contributed by atoms with van der Waals surface area (Å²) in [4.78, 5) is -0.0987. The van der Waals surface area contributed by atoms with Crippen molar-refractivity contribution < 1.29 is 8.42 Å². The molecule has 0 bridgehead atoms. The van der Waals surface area contributed by atoms with E-state index in [0.717, 1.165) is 4.31 Å². The highest BCUT2D eigenvalue weighted by atomic mass is 32.2. The topological polar surface area (TPSA) is 109 Å². The minimum atomic E-state index is -3.88. The van der Waals surface area contributed by atoms with Crippen LogP contribution in [0.1, 0.15) is 18.4 Å². The minimum absolute atomic E-state index is 0.000274. The fraction of sp³-hybridized carbons (Fsp3) is 0.308. The summed E-state index contributed by atoms with van der Waals surface area (Å²) >= 11 is 0. The molecule has 0 amide bonds. The predicted molar refractivity (Wildman–Crippen MR) is 70.4 cm³/mol. The first-order chi connectivity index (χ1) is 9.57. The molecule has 0 aliphatic rings. The molecule has 0 aliphatic heterocycles. The van der Waals surface area contributed by atoms with Gasteiger partial charge in [-0.15, -0.1) is 0 Å². The zero-order valence-electron chi connectivity index (χ0n) is 10.7. The Hall–Kier alpha value is -2.40. The molecule has 1 aromatic carbocycles. The molecule has 0 fully saturated rings. The lowest BCUT2D eigenvalue weighted by Crippen LogP contribution is -2.33. The van der Waals surface area contributed by atoms with E-state index in [1.165, 1.54) is 18.2 Å². The maximum atomic E-state index is 12.5. The molecule has 0 aromatic heterocycles. The molecule has 0 radical (unpaired) electrons. The highest BCUT2D eigenvalue weighted by Crippen LogP contribution is 2.20. The maximum absolute atomic E-state index is 12.5. The molecular weight excluding hydrogens is 276 g/mol. The lowest BCUT2D eigenvalue weighted by molar-refractivity contribution is 0.425. The average Bonchev–Trinajstić information content (AvgIpc) is 2.47. The van der Waals surface area contributed by atoms with Gasteiger partial charge in [-0.1, -0.05) is 12.1 Å².